The standard InChI is InChI=1S/C14H14ClN3O3/c1-2-21-12(19)8-16-14-17-11(13(20)18-14)7-9-3-5-10(15)6-4-9/h3-7H,2,8H2,1H3,(H2,16,17,18,20)/b11-7-. The summed E-state index contributed by atoms with van der Waals surface area (Å²) in [6.07, 6.45) is 1.67. The fourth-order valence-electron chi connectivity index (χ4n) is 1.65. The van der Waals surface area contributed by atoms with Crippen LogP contribution in [-0.2, 0) is 14.3 Å². The van der Waals surface area contributed by atoms with E-state index >= 15 is 0 Å². The summed E-state index contributed by atoms with van der Waals surface area (Å²) in [5.74, 6) is -0.531. The van der Waals surface area contributed by atoms with Crippen LogP contribution in [-0.4, -0.2) is 31.0 Å². The van der Waals surface area contributed by atoms with Crippen LogP contribution < -0.4 is 10.6 Å². The zero-order chi connectivity index (χ0) is 15.2. The van der Waals surface area contributed by atoms with Crippen molar-refractivity contribution < 1.29 is 14.3 Å². The number of nitrogens with zero attached hydrogens (tertiary/aromatic N) is 1. The molecule has 1 aromatic carbocycles. The van der Waals surface area contributed by atoms with Crippen LogP contribution in [0.1, 0.15) is 12.5 Å². The number of aliphatic imine (C=N–C) groups is 1. The Kier molecular flexibility index (Phi) is 4.94. The second-order valence-corrected chi connectivity index (χ2v) is 4.59. The molecule has 1 saturated heterocycles. The molecule has 2 N–H and O–H groups in total. The number of ether oxygens (including phenoxy) is 1. The number of benzene rings is 1. The highest BCUT2D eigenvalue weighted by atomic mass is 35.5. The van der Waals surface area contributed by atoms with Crippen molar-refractivity contribution in [2.24, 2.45) is 4.99 Å². The van der Waals surface area contributed by atoms with Gasteiger partial charge in [-0.2, -0.15) is 0 Å². The lowest BCUT2D eigenvalue weighted by atomic mass is 10.2. The molecule has 0 spiro atoms. The van der Waals surface area contributed by atoms with Crippen molar-refractivity contribution in [1.82, 2.24) is 10.6 Å². The maximum Gasteiger partial charge on any atom is 0.327 e. The lowest BCUT2D eigenvalue weighted by Gasteiger charge is -1.99. The number of hydrogen-bond donors (Lipinski definition) is 2. The van der Waals surface area contributed by atoms with E-state index in [9.17, 15) is 9.59 Å². The average molecular weight is 308 g/mol. The highest BCUT2D eigenvalue weighted by Gasteiger charge is 2.21. The van der Waals surface area contributed by atoms with E-state index in [1.165, 1.54) is 0 Å². The van der Waals surface area contributed by atoms with E-state index in [4.69, 9.17) is 16.3 Å². The van der Waals surface area contributed by atoms with Crippen LogP contribution in [0.15, 0.2) is 35.0 Å². The molecule has 0 aliphatic carbocycles. The largest absolute Gasteiger partial charge is 0.465 e. The quantitative estimate of drug-likeness (QED) is 0.649. The molecule has 7 heteroatoms. The van der Waals surface area contributed by atoms with Gasteiger partial charge in [-0.15, -0.1) is 0 Å². The first-order valence-corrected chi connectivity index (χ1v) is 6.72. The first-order chi connectivity index (χ1) is 10.1. The molecular formula is C14H14ClN3O3. The molecule has 0 radical (unpaired) electrons. The van der Waals surface area contributed by atoms with Gasteiger partial charge < -0.3 is 10.1 Å². The van der Waals surface area contributed by atoms with Crippen LogP contribution in [0, 0.1) is 0 Å². The van der Waals surface area contributed by atoms with Crippen molar-refractivity contribution in [3.63, 3.8) is 0 Å². The number of rotatable bonds is 4. The van der Waals surface area contributed by atoms with Gasteiger partial charge in [0.05, 0.1) is 6.61 Å². The zero-order valence-electron chi connectivity index (χ0n) is 11.4. The Labute approximate surface area is 126 Å². The summed E-state index contributed by atoms with van der Waals surface area (Å²) < 4.78 is 4.75. The first-order valence-electron chi connectivity index (χ1n) is 6.34. The van der Waals surface area contributed by atoms with Gasteiger partial charge in [-0.3, -0.25) is 14.9 Å². The third-order valence-corrected chi connectivity index (χ3v) is 2.83. The van der Waals surface area contributed by atoms with Crippen molar-refractivity contribution in [2.45, 2.75) is 6.92 Å². The van der Waals surface area contributed by atoms with E-state index in [-0.39, 0.29) is 18.4 Å². The van der Waals surface area contributed by atoms with Gasteiger partial charge in [-0.05, 0) is 30.7 Å². The van der Waals surface area contributed by atoms with Crippen LogP contribution in [0.2, 0.25) is 5.02 Å². The van der Waals surface area contributed by atoms with Crippen molar-refractivity contribution in [3.05, 3.63) is 40.5 Å². The summed E-state index contributed by atoms with van der Waals surface area (Å²) in [7, 11) is 0. The molecule has 110 valence electrons. The maximum absolute atomic E-state index is 11.8. The van der Waals surface area contributed by atoms with Gasteiger partial charge >= 0.3 is 5.97 Å². The number of guanidine groups is 1. The average Bonchev–Trinajstić information content (AvgIpc) is 2.80. The predicted octanol–water partition coefficient (Wildman–Crippen LogP) is 1.32. The van der Waals surface area contributed by atoms with Crippen molar-refractivity contribution in [1.29, 1.82) is 0 Å². The summed E-state index contributed by atoms with van der Waals surface area (Å²) in [6, 6.07) is 7.04. The Morgan fingerprint density at radius 3 is 2.71 bits per heavy atom. The van der Waals surface area contributed by atoms with Gasteiger partial charge in [0, 0.05) is 5.02 Å². The van der Waals surface area contributed by atoms with E-state index in [1.807, 2.05) is 0 Å². The van der Waals surface area contributed by atoms with Crippen molar-refractivity contribution in [2.75, 3.05) is 13.2 Å². The highest BCUT2D eigenvalue weighted by molar-refractivity contribution is 6.30. The van der Waals surface area contributed by atoms with E-state index < -0.39 is 5.97 Å². The molecule has 0 bridgehead atoms. The monoisotopic (exact) mass is 307 g/mol. The second-order valence-electron chi connectivity index (χ2n) is 4.16. The zero-order valence-corrected chi connectivity index (χ0v) is 12.1. The summed E-state index contributed by atoms with van der Waals surface area (Å²) in [5, 5.41) is 5.96. The molecule has 1 amide bonds. The van der Waals surface area contributed by atoms with Gasteiger partial charge in [-0.25, -0.2) is 4.99 Å². The smallest absolute Gasteiger partial charge is 0.327 e. The van der Waals surface area contributed by atoms with Crippen molar-refractivity contribution in [3.8, 4) is 0 Å². The molecule has 2 rings (SSSR count). The Hall–Kier alpha value is -2.34. The molecule has 1 aromatic rings. The molecule has 0 saturated carbocycles. The third kappa shape index (κ3) is 4.32. The molecule has 1 fully saturated rings. The Balaban J connectivity index is 2.04. The number of amides is 1. The molecule has 6 nitrogen and oxygen atoms in total. The third-order valence-electron chi connectivity index (χ3n) is 2.58. The van der Waals surface area contributed by atoms with Gasteiger partial charge in [-0.1, -0.05) is 23.7 Å². The number of esters is 1. The summed E-state index contributed by atoms with van der Waals surface area (Å²) in [6.45, 7) is 1.86. The number of carbonyl (C=O) groups is 2. The molecule has 1 aliphatic heterocycles. The fourth-order valence-corrected chi connectivity index (χ4v) is 1.77. The lowest BCUT2D eigenvalue weighted by molar-refractivity contribution is -0.141. The maximum atomic E-state index is 11.8. The van der Waals surface area contributed by atoms with Crippen LogP contribution in [0.3, 0.4) is 0 Å². The number of hydrogen-bond acceptors (Lipinski definition) is 4. The fraction of sp³-hybridized carbons (Fsp3) is 0.214. The Morgan fingerprint density at radius 2 is 2.05 bits per heavy atom. The van der Waals surface area contributed by atoms with Gasteiger partial charge in [0.2, 0.25) is 5.96 Å². The van der Waals surface area contributed by atoms with E-state index in [2.05, 4.69) is 15.6 Å². The number of nitrogens with one attached hydrogen (secondary N) is 2. The summed E-state index contributed by atoms with van der Waals surface area (Å²) in [5.41, 5.74) is 1.17. The minimum atomic E-state index is -0.448. The molecule has 0 unspecified atom stereocenters. The van der Waals surface area contributed by atoms with Crippen molar-refractivity contribution >= 4 is 35.5 Å². The van der Waals surface area contributed by atoms with Gasteiger partial charge in [0.15, 0.2) is 0 Å². The summed E-state index contributed by atoms with van der Waals surface area (Å²) >= 11 is 5.80. The summed E-state index contributed by atoms with van der Waals surface area (Å²) in [4.78, 5) is 26.9. The van der Waals surface area contributed by atoms with Crippen LogP contribution >= 0.6 is 11.6 Å². The molecular weight excluding hydrogens is 294 g/mol. The topological polar surface area (TPSA) is 79.8 Å². The van der Waals surface area contributed by atoms with Crippen LogP contribution in [0.4, 0.5) is 0 Å². The second kappa shape index (κ2) is 6.90. The van der Waals surface area contributed by atoms with E-state index in [1.54, 1.807) is 37.3 Å². The lowest BCUT2D eigenvalue weighted by Crippen LogP contribution is -2.26. The van der Waals surface area contributed by atoms with Gasteiger partial charge in [0.25, 0.3) is 5.91 Å². The van der Waals surface area contributed by atoms with E-state index in [0.717, 1.165) is 5.56 Å². The van der Waals surface area contributed by atoms with Crippen LogP contribution in [0.5, 0.6) is 0 Å². The van der Waals surface area contributed by atoms with E-state index in [0.29, 0.717) is 17.3 Å². The van der Waals surface area contributed by atoms with Gasteiger partial charge in [0.1, 0.15) is 12.2 Å². The molecule has 1 heterocycles. The predicted molar refractivity (Wildman–Crippen MR) is 79.6 cm³/mol. The van der Waals surface area contributed by atoms with Crippen LogP contribution in [0.25, 0.3) is 6.08 Å². The number of carbonyl (C=O) groups excluding carboxylic acids is 2. The minimum absolute atomic E-state index is 0.148. The minimum Gasteiger partial charge on any atom is -0.465 e. The molecule has 0 atom stereocenters. The Morgan fingerprint density at radius 1 is 1.33 bits per heavy atom. The first kappa shape index (κ1) is 15.1. The molecule has 21 heavy (non-hydrogen) atoms. The highest BCUT2D eigenvalue weighted by Crippen LogP contribution is 2.13. The normalized spacial score (nSPS) is 17.7. The molecule has 0 aromatic heterocycles. The SMILES string of the molecule is CCOC(=O)CN=C1NC(=O)/C(=C/c2ccc(Cl)cc2)N1. The Bertz CT molecular complexity index is 608. The molecule has 1 aliphatic rings. The number of halogens is 1.